The van der Waals surface area contributed by atoms with E-state index in [1.807, 2.05) is 6.07 Å². The standard InChI is InChI=1S/C33H43N3O3/c1-37-30-9-7-8-28(22-30)36-19-16-27(25-36)32-15-14-31(38-2)23-33(32)34-24-26-10-12-29(13-11-26)39-21-20-35-17-5-3-4-6-18-35/h7-15,22-23,27,34H,3-6,16-21,24-25H2,1-2H3. The van der Waals surface area contributed by atoms with Crippen LogP contribution in [0.25, 0.3) is 0 Å². The SMILES string of the molecule is COc1cccc(N2CCC(c3ccc(OC)cc3NCc3ccc(OCCN4CCCCCC4)cc3)C2)c1. The van der Waals surface area contributed by atoms with Gasteiger partial charge in [0.15, 0.2) is 0 Å². The molecule has 3 aromatic rings. The molecule has 2 aliphatic heterocycles. The minimum absolute atomic E-state index is 0.449. The summed E-state index contributed by atoms with van der Waals surface area (Å²) in [4.78, 5) is 4.99. The second kappa shape index (κ2) is 13.6. The van der Waals surface area contributed by atoms with Crippen molar-refractivity contribution in [2.24, 2.45) is 0 Å². The zero-order valence-corrected chi connectivity index (χ0v) is 23.5. The number of hydrogen-bond donors (Lipinski definition) is 1. The van der Waals surface area contributed by atoms with Crippen molar-refractivity contribution < 1.29 is 14.2 Å². The minimum Gasteiger partial charge on any atom is -0.497 e. The molecule has 1 atom stereocenters. The van der Waals surface area contributed by atoms with E-state index in [0.29, 0.717) is 5.92 Å². The molecule has 1 N–H and O–H groups in total. The molecule has 6 nitrogen and oxygen atoms in total. The Morgan fingerprint density at radius 3 is 2.31 bits per heavy atom. The van der Waals surface area contributed by atoms with Gasteiger partial charge in [0, 0.05) is 55.6 Å². The van der Waals surface area contributed by atoms with E-state index in [0.717, 1.165) is 62.1 Å². The van der Waals surface area contributed by atoms with Crippen LogP contribution in [0, 0.1) is 0 Å². The quantitative estimate of drug-likeness (QED) is 0.303. The Morgan fingerprint density at radius 2 is 1.54 bits per heavy atom. The number of benzene rings is 3. The highest BCUT2D eigenvalue weighted by atomic mass is 16.5. The molecule has 0 radical (unpaired) electrons. The zero-order valence-electron chi connectivity index (χ0n) is 23.5. The molecule has 0 saturated carbocycles. The number of hydrogen-bond acceptors (Lipinski definition) is 6. The van der Waals surface area contributed by atoms with Gasteiger partial charge in [-0.1, -0.05) is 37.1 Å². The van der Waals surface area contributed by atoms with Crippen LogP contribution in [-0.4, -0.2) is 58.5 Å². The summed E-state index contributed by atoms with van der Waals surface area (Å²) in [7, 11) is 3.45. The molecule has 1 unspecified atom stereocenters. The summed E-state index contributed by atoms with van der Waals surface area (Å²) in [5.74, 6) is 3.16. The first-order valence-corrected chi connectivity index (χ1v) is 14.5. The van der Waals surface area contributed by atoms with Crippen molar-refractivity contribution in [2.45, 2.75) is 44.6 Å². The molecule has 0 amide bonds. The van der Waals surface area contributed by atoms with Crippen LogP contribution in [0.4, 0.5) is 11.4 Å². The predicted molar refractivity (Wildman–Crippen MR) is 160 cm³/mol. The fourth-order valence-corrected chi connectivity index (χ4v) is 5.78. The molecule has 3 aromatic carbocycles. The van der Waals surface area contributed by atoms with Gasteiger partial charge >= 0.3 is 0 Å². The number of nitrogens with zero attached hydrogens (tertiary/aromatic N) is 2. The molecule has 2 heterocycles. The van der Waals surface area contributed by atoms with Gasteiger partial charge in [0.2, 0.25) is 0 Å². The zero-order chi connectivity index (χ0) is 26.9. The van der Waals surface area contributed by atoms with Crippen LogP contribution in [0.5, 0.6) is 17.2 Å². The van der Waals surface area contributed by atoms with E-state index in [9.17, 15) is 0 Å². The summed E-state index contributed by atoms with van der Waals surface area (Å²) >= 11 is 0. The number of rotatable bonds is 11. The summed E-state index contributed by atoms with van der Waals surface area (Å²) in [5.41, 5.74) is 4.93. The number of methoxy groups -OCH3 is 2. The molecular formula is C33H43N3O3. The lowest BCUT2D eigenvalue weighted by molar-refractivity contribution is 0.214. The molecule has 2 saturated heterocycles. The van der Waals surface area contributed by atoms with E-state index < -0.39 is 0 Å². The van der Waals surface area contributed by atoms with Crippen molar-refractivity contribution in [3.05, 3.63) is 77.9 Å². The van der Waals surface area contributed by atoms with Crippen molar-refractivity contribution in [1.82, 2.24) is 4.90 Å². The van der Waals surface area contributed by atoms with Gasteiger partial charge in [-0.2, -0.15) is 0 Å². The monoisotopic (exact) mass is 529 g/mol. The lowest BCUT2D eigenvalue weighted by Gasteiger charge is -2.21. The molecule has 39 heavy (non-hydrogen) atoms. The first-order valence-electron chi connectivity index (χ1n) is 14.5. The molecule has 0 bridgehead atoms. The van der Waals surface area contributed by atoms with Gasteiger partial charge in [-0.25, -0.2) is 0 Å². The first-order chi connectivity index (χ1) is 19.2. The van der Waals surface area contributed by atoms with Crippen LogP contribution in [0.3, 0.4) is 0 Å². The summed E-state index contributed by atoms with van der Waals surface area (Å²) < 4.78 is 17.1. The molecule has 208 valence electrons. The second-order valence-corrected chi connectivity index (χ2v) is 10.7. The normalized spacial score (nSPS) is 18.0. The Bertz CT molecular complexity index is 1180. The van der Waals surface area contributed by atoms with Gasteiger partial charge in [0.1, 0.15) is 23.9 Å². The third-order valence-electron chi connectivity index (χ3n) is 8.09. The summed E-state index contributed by atoms with van der Waals surface area (Å²) in [5, 5.41) is 3.70. The molecule has 0 aliphatic carbocycles. The van der Waals surface area contributed by atoms with Crippen LogP contribution in [0.1, 0.15) is 49.1 Å². The second-order valence-electron chi connectivity index (χ2n) is 10.7. The van der Waals surface area contributed by atoms with Crippen LogP contribution in [0.15, 0.2) is 66.7 Å². The van der Waals surface area contributed by atoms with Gasteiger partial charge in [-0.3, -0.25) is 4.90 Å². The van der Waals surface area contributed by atoms with Crippen LogP contribution in [-0.2, 0) is 6.54 Å². The Balaban J connectivity index is 1.17. The number of likely N-dealkylation sites (tertiary alicyclic amines) is 1. The maximum absolute atomic E-state index is 6.05. The maximum Gasteiger partial charge on any atom is 0.120 e. The smallest absolute Gasteiger partial charge is 0.120 e. The van der Waals surface area contributed by atoms with Crippen LogP contribution >= 0.6 is 0 Å². The van der Waals surface area contributed by atoms with Crippen molar-refractivity contribution in [1.29, 1.82) is 0 Å². The van der Waals surface area contributed by atoms with Crippen molar-refractivity contribution in [3.8, 4) is 17.2 Å². The van der Waals surface area contributed by atoms with Gasteiger partial charge in [-0.05, 0) is 73.8 Å². The number of ether oxygens (including phenoxy) is 3. The van der Waals surface area contributed by atoms with Gasteiger partial charge in [-0.15, -0.1) is 0 Å². The largest absolute Gasteiger partial charge is 0.497 e. The molecular weight excluding hydrogens is 486 g/mol. The van der Waals surface area contributed by atoms with E-state index in [4.69, 9.17) is 14.2 Å². The molecule has 6 heteroatoms. The average Bonchev–Trinajstić information content (AvgIpc) is 3.33. The van der Waals surface area contributed by atoms with Crippen molar-refractivity contribution in [3.63, 3.8) is 0 Å². The van der Waals surface area contributed by atoms with Gasteiger partial charge in [0.25, 0.3) is 0 Å². The van der Waals surface area contributed by atoms with E-state index >= 15 is 0 Å². The van der Waals surface area contributed by atoms with E-state index in [1.54, 1.807) is 14.2 Å². The van der Waals surface area contributed by atoms with E-state index in [2.05, 4.69) is 75.8 Å². The lowest BCUT2D eigenvalue weighted by atomic mass is 9.96. The Hall–Kier alpha value is -3.38. The molecule has 2 fully saturated rings. The Morgan fingerprint density at radius 1 is 0.795 bits per heavy atom. The minimum atomic E-state index is 0.449. The van der Waals surface area contributed by atoms with Crippen LogP contribution < -0.4 is 24.4 Å². The third-order valence-corrected chi connectivity index (χ3v) is 8.09. The summed E-state index contributed by atoms with van der Waals surface area (Å²) in [6.07, 6.45) is 6.48. The van der Waals surface area contributed by atoms with Gasteiger partial charge < -0.3 is 24.4 Å². The highest BCUT2D eigenvalue weighted by Gasteiger charge is 2.26. The van der Waals surface area contributed by atoms with Crippen LogP contribution in [0.2, 0.25) is 0 Å². The molecule has 0 aromatic heterocycles. The van der Waals surface area contributed by atoms with Gasteiger partial charge in [0.05, 0.1) is 14.2 Å². The van der Waals surface area contributed by atoms with E-state index in [1.165, 1.54) is 55.6 Å². The topological polar surface area (TPSA) is 46.2 Å². The fraction of sp³-hybridized carbons (Fsp3) is 0.455. The maximum atomic E-state index is 6.05. The van der Waals surface area contributed by atoms with Crippen molar-refractivity contribution >= 4 is 11.4 Å². The molecule has 2 aliphatic rings. The third kappa shape index (κ3) is 7.39. The predicted octanol–water partition coefficient (Wildman–Crippen LogP) is 6.56. The molecule has 0 spiro atoms. The fourth-order valence-electron chi connectivity index (χ4n) is 5.78. The number of anilines is 2. The van der Waals surface area contributed by atoms with E-state index in [-0.39, 0.29) is 0 Å². The Kier molecular flexibility index (Phi) is 9.49. The summed E-state index contributed by atoms with van der Waals surface area (Å²) in [6.45, 7) is 6.94. The average molecular weight is 530 g/mol. The highest BCUT2D eigenvalue weighted by Crippen LogP contribution is 2.37. The number of nitrogens with one attached hydrogen (secondary N) is 1. The summed E-state index contributed by atoms with van der Waals surface area (Å²) in [6, 6.07) is 23.3. The highest BCUT2D eigenvalue weighted by molar-refractivity contribution is 5.59. The lowest BCUT2D eigenvalue weighted by Crippen LogP contribution is -2.29. The van der Waals surface area contributed by atoms with Crippen molar-refractivity contribution in [2.75, 3.05) is 63.8 Å². The molecule has 5 rings (SSSR count). The Labute approximate surface area is 233 Å². The first kappa shape index (κ1) is 27.2.